The van der Waals surface area contributed by atoms with E-state index in [-0.39, 0.29) is 5.97 Å². The normalized spacial score (nSPS) is 13.6. The summed E-state index contributed by atoms with van der Waals surface area (Å²) in [5.41, 5.74) is 4.51. The molecule has 2 nitrogen and oxygen atoms in total. The van der Waals surface area contributed by atoms with Crippen LogP contribution in [0.2, 0.25) is 0 Å². The second-order valence-electron chi connectivity index (χ2n) is 5.07. The number of rotatable bonds is 6. The van der Waals surface area contributed by atoms with Gasteiger partial charge in [0.05, 0.1) is 5.56 Å². The van der Waals surface area contributed by atoms with Gasteiger partial charge in [0.1, 0.15) is 6.61 Å². The second kappa shape index (κ2) is 6.03. The summed E-state index contributed by atoms with van der Waals surface area (Å²) in [6.07, 6.45) is 6.81. The molecule has 0 bridgehead atoms. The molecular formula is C16H22O2. The minimum absolute atomic E-state index is 0.127. The first-order chi connectivity index (χ1) is 8.76. The molecule has 0 aliphatic carbocycles. The molecule has 0 unspecified atom stereocenters. The zero-order valence-electron chi connectivity index (χ0n) is 11.4. The van der Waals surface area contributed by atoms with E-state index < -0.39 is 0 Å². The lowest BCUT2D eigenvalue weighted by molar-refractivity contribution is 0.0534. The third-order valence-corrected chi connectivity index (χ3v) is 3.54. The summed E-state index contributed by atoms with van der Waals surface area (Å²) in [7, 11) is 0. The maximum absolute atomic E-state index is 11.8. The Morgan fingerprint density at radius 1 is 1.11 bits per heavy atom. The van der Waals surface area contributed by atoms with Crippen molar-refractivity contribution >= 4 is 5.97 Å². The Labute approximate surface area is 109 Å². The fourth-order valence-corrected chi connectivity index (χ4v) is 2.52. The number of hydrogen-bond acceptors (Lipinski definition) is 2. The van der Waals surface area contributed by atoms with Gasteiger partial charge < -0.3 is 4.74 Å². The van der Waals surface area contributed by atoms with Crippen LogP contribution in [0.5, 0.6) is 0 Å². The predicted octanol–water partition coefficient (Wildman–Crippen LogP) is 4.04. The average molecular weight is 246 g/mol. The third-order valence-electron chi connectivity index (χ3n) is 3.54. The number of benzene rings is 1. The summed E-state index contributed by atoms with van der Waals surface area (Å²) in [5.74, 6) is -0.127. The number of aryl methyl sites for hydroxylation is 2. The standard InChI is InChI=1S/C16H22O2/c1-3-5-7-12-9-13(8-6-4-2)15-14(10-12)11-18-16(15)17/h9-10H,3-8,11H2,1-2H3. The van der Waals surface area contributed by atoms with E-state index in [4.69, 9.17) is 4.74 Å². The number of carbonyl (C=O) groups excluding carboxylic acids is 1. The molecule has 1 heterocycles. The number of carbonyl (C=O) groups is 1. The number of hydrogen-bond donors (Lipinski definition) is 0. The Kier molecular flexibility index (Phi) is 4.40. The van der Waals surface area contributed by atoms with Crippen molar-refractivity contribution in [3.8, 4) is 0 Å². The van der Waals surface area contributed by atoms with Crippen molar-refractivity contribution in [2.24, 2.45) is 0 Å². The molecule has 0 fully saturated rings. The maximum Gasteiger partial charge on any atom is 0.339 e. The van der Waals surface area contributed by atoms with E-state index in [1.165, 1.54) is 24.0 Å². The van der Waals surface area contributed by atoms with E-state index in [2.05, 4.69) is 26.0 Å². The van der Waals surface area contributed by atoms with E-state index in [1.807, 2.05) is 0 Å². The lowest BCUT2D eigenvalue weighted by atomic mass is 9.94. The second-order valence-corrected chi connectivity index (χ2v) is 5.07. The highest BCUT2D eigenvalue weighted by Gasteiger charge is 2.24. The molecule has 98 valence electrons. The third kappa shape index (κ3) is 2.74. The van der Waals surface area contributed by atoms with Gasteiger partial charge >= 0.3 is 5.97 Å². The highest BCUT2D eigenvalue weighted by molar-refractivity contribution is 5.95. The molecule has 0 spiro atoms. The quantitative estimate of drug-likeness (QED) is 0.708. The number of ether oxygens (including phenoxy) is 1. The molecule has 1 aliphatic heterocycles. The predicted molar refractivity (Wildman–Crippen MR) is 72.8 cm³/mol. The summed E-state index contributed by atoms with van der Waals surface area (Å²) in [6, 6.07) is 4.38. The van der Waals surface area contributed by atoms with E-state index in [0.29, 0.717) is 6.61 Å². The Morgan fingerprint density at radius 2 is 1.83 bits per heavy atom. The minimum Gasteiger partial charge on any atom is -0.457 e. The van der Waals surface area contributed by atoms with Gasteiger partial charge in [0.15, 0.2) is 0 Å². The van der Waals surface area contributed by atoms with E-state index in [1.54, 1.807) is 0 Å². The average Bonchev–Trinajstić information content (AvgIpc) is 2.75. The molecule has 2 heteroatoms. The van der Waals surface area contributed by atoms with Crippen LogP contribution in [0.1, 0.15) is 66.6 Å². The molecule has 0 saturated carbocycles. The summed E-state index contributed by atoms with van der Waals surface area (Å²) in [4.78, 5) is 11.8. The molecule has 0 amide bonds. The molecule has 0 aromatic heterocycles. The summed E-state index contributed by atoms with van der Waals surface area (Å²) < 4.78 is 5.16. The molecule has 2 rings (SSSR count). The van der Waals surface area contributed by atoms with Gasteiger partial charge in [-0.3, -0.25) is 0 Å². The summed E-state index contributed by atoms with van der Waals surface area (Å²) in [5, 5.41) is 0. The van der Waals surface area contributed by atoms with Gasteiger partial charge in [0.25, 0.3) is 0 Å². The van der Waals surface area contributed by atoms with Crippen LogP contribution in [0.3, 0.4) is 0 Å². The van der Waals surface area contributed by atoms with E-state index in [9.17, 15) is 4.79 Å². The monoisotopic (exact) mass is 246 g/mol. The molecule has 0 saturated heterocycles. The highest BCUT2D eigenvalue weighted by Crippen LogP contribution is 2.27. The van der Waals surface area contributed by atoms with Crippen LogP contribution < -0.4 is 0 Å². The zero-order valence-corrected chi connectivity index (χ0v) is 11.4. The van der Waals surface area contributed by atoms with Gasteiger partial charge in [-0.15, -0.1) is 0 Å². The van der Waals surface area contributed by atoms with Crippen molar-refractivity contribution in [2.45, 2.75) is 59.0 Å². The van der Waals surface area contributed by atoms with E-state index in [0.717, 1.165) is 36.8 Å². The number of cyclic esters (lactones) is 1. The van der Waals surface area contributed by atoms with Gasteiger partial charge in [-0.1, -0.05) is 38.8 Å². The van der Waals surface area contributed by atoms with Crippen LogP contribution in [0.4, 0.5) is 0 Å². The molecule has 0 atom stereocenters. The first kappa shape index (κ1) is 13.1. The van der Waals surface area contributed by atoms with Crippen LogP contribution in [0, 0.1) is 0 Å². The lowest BCUT2D eigenvalue weighted by Gasteiger charge is -2.09. The molecule has 0 radical (unpaired) electrons. The van der Waals surface area contributed by atoms with Gasteiger partial charge in [-0.05, 0) is 36.8 Å². The van der Waals surface area contributed by atoms with Crippen molar-refractivity contribution in [1.82, 2.24) is 0 Å². The maximum atomic E-state index is 11.8. The van der Waals surface area contributed by atoms with Crippen molar-refractivity contribution in [3.63, 3.8) is 0 Å². The van der Waals surface area contributed by atoms with Crippen LogP contribution in [0.15, 0.2) is 12.1 Å². The topological polar surface area (TPSA) is 26.3 Å². The largest absolute Gasteiger partial charge is 0.457 e. The van der Waals surface area contributed by atoms with Crippen LogP contribution in [-0.4, -0.2) is 5.97 Å². The van der Waals surface area contributed by atoms with Gasteiger partial charge in [0.2, 0.25) is 0 Å². The Morgan fingerprint density at radius 3 is 2.56 bits per heavy atom. The highest BCUT2D eigenvalue weighted by atomic mass is 16.5. The van der Waals surface area contributed by atoms with Crippen LogP contribution >= 0.6 is 0 Å². The van der Waals surface area contributed by atoms with Gasteiger partial charge in [-0.25, -0.2) is 4.79 Å². The molecule has 18 heavy (non-hydrogen) atoms. The van der Waals surface area contributed by atoms with Crippen molar-refractivity contribution in [2.75, 3.05) is 0 Å². The Hall–Kier alpha value is -1.31. The van der Waals surface area contributed by atoms with Gasteiger partial charge in [0, 0.05) is 5.56 Å². The van der Waals surface area contributed by atoms with Crippen molar-refractivity contribution < 1.29 is 9.53 Å². The number of esters is 1. The molecule has 1 aromatic rings. The molecule has 1 aromatic carbocycles. The molecular weight excluding hydrogens is 224 g/mol. The molecule has 0 N–H and O–H groups in total. The number of fused-ring (bicyclic) bond motifs is 1. The van der Waals surface area contributed by atoms with Crippen LogP contribution in [-0.2, 0) is 24.2 Å². The smallest absolute Gasteiger partial charge is 0.339 e. The SMILES string of the molecule is CCCCc1cc(CCCC)c2c(c1)COC2=O. The first-order valence-electron chi connectivity index (χ1n) is 7.08. The first-order valence-corrected chi connectivity index (χ1v) is 7.08. The van der Waals surface area contributed by atoms with Crippen LogP contribution in [0.25, 0.3) is 0 Å². The van der Waals surface area contributed by atoms with Gasteiger partial charge in [-0.2, -0.15) is 0 Å². The van der Waals surface area contributed by atoms with Crippen molar-refractivity contribution in [1.29, 1.82) is 0 Å². The fourth-order valence-electron chi connectivity index (χ4n) is 2.52. The fraction of sp³-hybridized carbons (Fsp3) is 0.562. The Bertz CT molecular complexity index is 435. The Balaban J connectivity index is 2.29. The zero-order chi connectivity index (χ0) is 13.0. The molecule has 1 aliphatic rings. The van der Waals surface area contributed by atoms with Crippen molar-refractivity contribution in [3.05, 3.63) is 34.4 Å². The summed E-state index contributed by atoms with van der Waals surface area (Å²) in [6.45, 7) is 4.85. The van der Waals surface area contributed by atoms with E-state index >= 15 is 0 Å². The minimum atomic E-state index is -0.127. The summed E-state index contributed by atoms with van der Waals surface area (Å²) >= 11 is 0. The lowest BCUT2D eigenvalue weighted by Crippen LogP contribution is -2.02. The number of unbranched alkanes of at least 4 members (excludes halogenated alkanes) is 2.